The molecule has 1 saturated carbocycles. The van der Waals surface area contributed by atoms with Gasteiger partial charge in [-0.2, -0.15) is 5.10 Å². The van der Waals surface area contributed by atoms with Gasteiger partial charge >= 0.3 is 0 Å². The first kappa shape index (κ1) is 14.8. The minimum atomic E-state index is -0.172. The first-order valence-corrected chi connectivity index (χ1v) is 8.27. The van der Waals surface area contributed by atoms with Gasteiger partial charge in [0, 0.05) is 23.2 Å². The van der Waals surface area contributed by atoms with Gasteiger partial charge in [0.2, 0.25) is 0 Å². The Balaban J connectivity index is 1.57. The molecule has 0 radical (unpaired) electrons. The van der Waals surface area contributed by atoms with Crippen molar-refractivity contribution < 1.29 is 0 Å². The van der Waals surface area contributed by atoms with Gasteiger partial charge < -0.3 is 4.98 Å². The zero-order valence-electron chi connectivity index (χ0n) is 13.3. The summed E-state index contributed by atoms with van der Waals surface area (Å²) in [5.41, 5.74) is 3.46. The second kappa shape index (κ2) is 6.38. The van der Waals surface area contributed by atoms with Gasteiger partial charge in [-0.25, -0.2) is 9.67 Å². The first-order valence-electron chi connectivity index (χ1n) is 8.27. The van der Waals surface area contributed by atoms with Gasteiger partial charge in [0.1, 0.15) is 5.69 Å². The van der Waals surface area contributed by atoms with Crippen molar-refractivity contribution in [2.24, 2.45) is 0 Å². The summed E-state index contributed by atoms with van der Waals surface area (Å²) in [6.07, 6.45) is 11.3. The highest BCUT2D eigenvalue weighted by Crippen LogP contribution is 2.36. The van der Waals surface area contributed by atoms with Crippen molar-refractivity contribution in [1.29, 1.82) is 0 Å². The highest BCUT2D eigenvalue weighted by atomic mass is 16.1. The van der Waals surface area contributed by atoms with Crippen molar-refractivity contribution in [3.05, 3.63) is 46.5 Å². The molecule has 0 aromatic carbocycles. The van der Waals surface area contributed by atoms with Crippen LogP contribution in [0.1, 0.15) is 49.4 Å². The van der Waals surface area contributed by atoms with E-state index >= 15 is 0 Å². The van der Waals surface area contributed by atoms with Crippen LogP contribution in [-0.4, -0.2) is 35.2 Å². The molecule has 1 fully saturated rings. The van der Waals surface area contributed by atoms with Crippen LogP contribution in [0, 0.1) is 0 Å². The molecule has 3 heterocycles. The third-order valence-corrected chi connectivity index (χ3v) is 4.56. The number of nitrogens with one attached hydrogen (secondary N) is 2. The Bertz CT molecular complexity index is 872. The van der Waals surface area contributed by atoms with Crippen molar-refractivity contribution in [3.8, 4) is 11.3 Å². The van der Waals surface area contributed by atoms with Gasteiger partial charge in [0.15, 0.2) is 0 Å². The third kappa shape index (κ3) is 2.99. The van der Waals surface area contributed by atoms with Gasteiger partial charge in [-0.05, 0) is 12.8 Å². The minimum Gasteiger partial charge on any atom is -0.313 e. The van der Waals surface area contributed by atoms with Crippen LogP contribution in [0.25, 0.3) is 11.3 Å². The molecule has 0 amide bonds. The molecule has 24 heavy (non-hydrogen) atoms. The quantitative estimate of drug-likeness (QED) is 0.761. The van der Waals surface area contributed by atoms with E-state index in [0.29, 0.717) is 18.2 Å². The Morgan fingerprint density at radius 1 is 1.25 bits per heavy atom. The predicted octanol–water partition coefficient (Wildman–Crippen LogP) is 1.85. The number of H-pyrrole nitrogens is 2. The van der Waals surface area contributed by atoms with E-state index < -0.39 is 0 Å². The molecule has 3 aromatic heterocycles. The average molecular weight is 325 g/mol. The van der Waals surface area contributed by atoms with Gasteiger partial charge in [-0.1, -0.05) is 24.5 Å². The molecule has 8 heteroatoms. The van der Waals surface area contributed by atoms with Gasteiger partial charge in [-0.3, -0.25) is 9.89 Å². The van der Waals surface area contributed by atoms with Crippen molar-refractivity contribution >= 4 is 0 Å². The largest absolute Gasteiger partial charge is 0.313 e. The fourth-order valence-electron chi connectivity index (χ4n) is 3.36. The SMILES string of the molecule is O=c1cc(Cn2cc(-c3cn[nH]c3C3CCCCC3)nn2)nc[nH]1. The van der Waals surface area contributed by atoms with E-state index in [-0.39, 0.29) is 5.56 Å². The standard InChI is InChI=1S/C16H19N7O/c24-15-6-12(17-10-18-15)8-23-9-14(20-22-23)13-7-19-21-16(13)11-4-2-1-3-5-11/h6-7,9-11H,1-5,8H2,(H,19,21)(H,17,18,24). The van der Waals surface area contributed by atoms with E-state index in [1.165, 1.54) is 44.5 Å². The topological polar surface area (TPSA) is 105 Å². The number of aromatic amines is 2. The summed E-state index contributed by atoms with van der Waals surface area (Å²) in [5.74, 6) is 0.524. The fraction of sp³-hybridized carbons (Fsp3) is 0.438. The molecule has 0 bridgehead atoms. The van der Waals surface area contributed by atoms with E-state index in [4.69, 9.17) is 0 Å². The Morgan fingerprint density at radius 3 is 2.96 bits per heavy atom. The number of aromatic nitrogens is 7. The van der Waals surface area contributed by atoms with Crippen LogP contribution in [0.4, 0.5) is 0 Å². The lowest BCUT2D eigenvalue weighted by atomic mass is 9.85. The molecular formula is C16H19N7O. The molecule has 0 aliphatic heterocycles. The molecule has 0 saturated heterocycles. The lowest BCUT2D eigenvalue weighted by Gasteiger charge is -2.20. The molecule has 2 N–H and O–H groups in total. The summed E-state index contributed by atoms with van der Waals surface area (Å²) >= 11 is 0. The summed E-state index contributed by atoms with van der Waals surface area (Å²) in [6, 6.07) is 1.46. The zero-order chi connectivity index (χ0) is 16.4. The summed E-state index contributed by atoms with van der Waals surface area (Å²) in [5, 5.41) is 15.8. The van der Waals surface area contributed by atoms with E-state index in [2.05, 4.69) is 30.5 Å². The normalized spacial score (nSPS) is 15.7. The first-order chi connectivity index (χ1) is 11.8. The van der Waals surface area contributed by atoms with Crippen molar-refractivity contribution in [3.63, 3.8) is 0 Å². The molecule has 0 atom stereocenters. The number of hydrogen-bond donors (Lipinski definition) is 2. The van der Waals surface area contributed by atoms with E-state index in [0.717, 1.165) is 17.0 Å². The Morgan fingerprint density at radius 2 is 2.12 bits per heavy atom. The number of nitrogens with zero attached hydrogens (tertiary/aromatic N) is 5. The molecule has 1 aliphatic rings. The van der Waals surface area contributed by atoms with Crippen LogP contribution >= 0.6 is 0 Å². The minimum absolute atomic E-state index is 0.172. The maximum Gasteiger partial charge on any atom is 0.250 e. The zero-order valence-corrected chi connectivity index (χ0v) is 13.3. The summed E-state index contributed by atoms with van der Waals surface area (Å²) in [7, 11) is 0. The van der Waals surface area contributed by atoms with E-state index in [1.807, 2.05) is 12.4 Å². The van der Waals surface area contributed by atoms with Crippen molar-refractivity contribution in [2.45, 2.75) is 44.6 Å². The lowest BCUT2D eigenvalue weighted by Crippen LogP contribution is -2.10. The van der Waals surface area contributed by atoms with Gasteiger partial charge in [0.05, 0.1) is 31.0 Å². The molecular weight excluding hydrogens is 306 g/mol. The van der Waals surface area contributed by atoms with Crippen LogP contribution in [0.2, 0.25) is 0 Å². The Labute approximate surface area is 138 Å². The second-order valence-corrected chi connectivity index (χ2v) is 6.24. The molecule has 4 rings (SSSR count). The molecule has 0 spiro atoms. The van der Waals surface area contributed by atoms with Crippen molar-refractivity contribution in [1.82, 2.24) is 35.2 Å². The van der Waals surface area contributed by atoms with E-state index in [1.54, 1.807) is 4.68 Å². The highest BCUT2D eigenvalue weighted by molar-refractivity contribution is 5.60. The number of rotatable bonds is 4. The van der Waals surface area contributed by atoms with Gasteiger partial charge in [0.25, 0.3) is 5.56 Å². The predicted molar refractivity (Wildman–Crippen MR) is 87.4 cm³/mol. The van der Waals surface area contributed by atoms with Crippen molar-refractivity contribution in [2.75, 3.05) is 0 Å². The lowest BCUT2D eigenvalue weighted by molar-refractivity contribution is 0.437. The number of hydrogen-bond acceptors (Lipinski definition) is 5. The smallest absolute Gasteiger partial charge is 0.250 e. The Hall–Kier alpha value is -2.77. The Kier molecular flexibility index (Phi) is 3.94. The van der Waals surface area contributed by atoms with E-state index in [9.17, 15) is 4.79 Å². The average Bonchev–Trinajstić information content (AvgIpc) is 3.24. The molecule has 3 aromatic rings. The van der Waals surface area contributed by atoms with Gasteiger partial charge in [-0.15, -0.1) is 5.10 Å². The van der Waals surface area contributed by atoms with Crippen LogP contribution in [-0.2, 0) is 6.54 Å². The highest BCUT2D eigenvalue weighted by Gasteiger charge is 2.22. The van der Waals surface area contributed by atoms with Crippen LogP contribution in [0.5, 0.6) is 0 Å². The summed E-state index contributed by atoms with van der Waals surface area (Å²) < 4.78 is 1.69. The second-order valence-electron chi connectivity index (χ2n) is 6.24. The molecule has 124 valence electrons. The maximum atomic E-state index is 11.3. The molecule has 0 unspecified atom stereocenters. The monoisotopic (exact) mass is 325 g/mol. The van der Waals surface area contributed by atoms with Crippen LogP contribution in [0.15, 0.2) is 29.6 Å². The summed E-state index contributed by atoms with van der Waals surface area (Å²) in [6.45, 7) is 0.410. The van der Waals surface area contributed by atoms with Crippen LogP contribution < -0.4 is 5.56 Å². The van der Waals surface area contributed by atoms with Crippen LogP contribution in [0.3, 0.4) is 0 Å². The summed E-state index contributed by atoms with van der Waals surface area (Å²) in [4.78, 5) is 18.0. The maximum absolute atomic E-state index is 11.3. The fourth-order valence-corrected chi connectivity index (χ4v) is 3.36. The molecule has 1 aliphatic carbocycles. The third-order valence-electron chi connectivity index (χ3n) is 4.56. The molecule has 8 nitrogen and oxygen atoms in total.